The van der Waals surface area contributed by atoms with Gasteiger partial charge in [0.1, 0.15) is 0 Å². The average Bonchev–Trinajstić information content (AvgIpc) is 2.27. The molecule has 2 rings (SSSR count). The van der Waals surface area contributed by atoms with Gasteiger partial charge >= 0.3 is 0 Å². The fourth-order valence-electron chi connectivity index (χ4n) is 2.70. The second kappa shape index (κ2) is 4.45. The smallest absolute Gasteiger partial charge is 0.00916 e. The summed E-state index contributed by atoms with van der Waals surface area (Å²) in [5.74, 6) is 1.28. The third kappa shape index (κ3) is 1.93. The number of rotatable bonds is 2. The summed E-state index contributed by atoms with van der Waals surface area (Å²) >= 11 is 0. The monoisotopic (exact) mass is 214 g/mol. The molecule has 0 heteroatoms. The van der Waals surface area contributed by atoms with Gasteiger partial charge in [0.25, 0.3) is 0 Å². The van der Waals surface area contributed by atoms with Gasteiger partial charge in [-0.2, -0.15) is 0 Å². The second-order valence-electron chi connectivity index (χ2n) is 5.39. The number of hydrogen-bond donors (Lipinski definition) is 0. The SMILES string of the molecule is CC(C)c1ccc(C(C)C)c2c1CC=CC2. The summed E-state index contributed by atoms with van der Waals surface area (Å²) in [7, 11) is 0. The first-order chi connectivity index (χ1) is 7.61. The normalized spacial score (nSPS) is 14.6. The summed E-state index contributed by atoms with van der Waals surface area (Å²) in [6, 6.07) is 4.69. The van der Waals surface area contributed by atoms with E-state index in [0.29, 0.717) is 11.8 Å². The summed E-state index contributed by atoms with van der Waals surface area (Å²) in [4.78, 5) is 0. The average molecular weight is 214 g/mol. The molecule has 0 saturated heterocycles. The Balaban J connectivity index is 2.57. The van der Waals surface area contributed by atoms with Crippen LogP contribution in [0.2, 0.25) is 0 Å². The molecule has 0 heterocycles. The predicted molar refractivity (Wildman–Crippen MR) is 71.2 cm³/mol. The molecule has 0 N–H and O–H groups in total. The van der Waals surface area contributed by atoms with Crippen LogP contribution in [-0.2, 0) is 12.8 Å². The lowest BCUT2D eigenvalue weighted by Gasteiger charge is -2.23. The van der Waals surface area contributed by atoms with Crippen molar-refractivity contribution in [2.75, 3.05) is 0 Å². The van der Waals surface area contributed by atoms with Crippen LogP contribution in [0.4, 0.5) is 0 Å². The highest BCUT2D eigenvalue weighted by atomic mass is 14.2. The molecule has 1 aromatic rings. The Labute approximate surface area is 99.4 Å². The van der Waals surface area contributed by atoms with Crippen molar-refractivity contribution in [2.24, 2.45) is 0 Å². The number of benzene rings is 1. The van der Waals surface area contributed by atoms with Crippen LogP contribution in [0.5, 0.6) is 0 Å². The molecule has 0 atom stereocenters. The molecule has 0 amide bonds. The van der Waals surface area contributed by atoms with Crippen molar-refractivity contribution in [1.82, 2.24) is 0 Å². The molecule has 86 valence electrons. The van der Waals surface area contributed by atoms with Gasteiger partial charge in [0.15, 0.2) is 0 Å². The molecule has 0 radical (unpaired) electrons. The topological polar surface area (TPSA) is 0 Å². The van der Waals surface area contributed by atoms with Crippen LogP contribution in [0.15, 0.2) is 24.3 Å². The van der Waals surface area contributed by atoms with Crippen molar-refractivity contribution < 1.29 is 0 Å². The van der Waals surface area contributed by atoms with Crippen LogP contribution < -0.4 is 0 Å². The lowest BCUT2D eigenvalue weighted by atomic mass is 9.82. The Kier molecular flexibility index (Phi) is 3.18. The Hall–Kier alpha value is -1.04. The zero-order valence-electron chi connectivity index (χ0n) is 10.9. The molecule has 0 fully saturated rings. The van der Waals surface area contributed by atoms with E-state index in [1.165, 1.54) is 0 Å². The molecular formula is C16H22. The Morgan fingerprint density at radius 1 is 0.750 bits per heavy atom. The van der Waals surface area contributed by atoms with E-state index in [9.17, 15) is 0 Å². The summed E-state index contributed by atoms with van der Waals surface area (Å²) < 4.78 is 0. The van der Waals surface area contributed by atoms with E-state index in [1.807, 2.05) is 0 Å². The van der Waals surface area contributed by atoms with Crippen LogP contribution in [0.25, 0.3) is 0 Å². The Morgan fingerprint density at radius 2 is 1.12 bits per heavy atom. The standard InChI is InChI=1S/C16H22/c1-11(2)13-9-10-14(12(3)4)16-8-6-5-7-15(13)16/h5-6,9-12H,7-8H2,1-4H3. The molecule has 0 bridgehead atoms. The number of hydrogen-bond acceptors (Lipinski definition) is 0. The summed E-state index contributed by atoms with van der Waals surface area (Å²) in [6.07, 6.45) is 6.89. The molecule has 0 nitrogen and oxygen atoms in total. The van der Waals surface area contributed by atoms with Crippen molar-refractivity contribution in [3.05, 3.63) is 46.5 Å². The van der Waals surface area contributed by atoms with Gasteiger partial charge in [-0.1, -0.05) is 52.0 Å². The van der Waals surface area contributed by atoms with Crippen molar-refractivity contribution in [3.63, 3.8) is 0 Å². The quantitative estimate of drug-likeness (QED) is 0.632. The van der Waals surface area contributed by atoms with Crippen LogP contribution in [0, 0.1) is 0 Å². The molecular weight excluding hydrogens is 192 g/mol. The van der Waals surface area contributed by atoms with Gasteiger partial charge in [0, 0.05) is 0 Å². The fraction of sp³-hybridized carbons (Fsp3) is 0.500. The maximum Gasteiger partial charge on any atom is -0.00916 e. The first-order valence-electron chi connectivity index (χ1n) is 6.40. The first kappa shape index (κ1) is 11.4. The summed E-state index contributed by atoms with van der Waals surface area (Å²) in [6.45, 7) is 9.18. The van der Waals surface area contributed by atoms with Gasteiger partial charge in [-0.3, -0.25) is 0 Å². The van der Waals surface area contributed by atoms with Crippen LogP contribution in [-0.4, -0.2) is 0 Å². The lowest BCUT2D eigenvalue weighted by molar-refractivity contribution is 0.807. The zero-order chi connectivity index (χ0) is 11.7. The highest BCUT2D eigenvalue weighted by molar-refractivity contribution is 5.47. The van der Waals surface area contributed by atoms with Gasteiger partial charge in [0.05, 0.1) is 0 Å². The van der Waals surface area contributed by atoms with Gasteiger partial charge < -0.3 is 0 Å². The Morgan fingerprint density at radius 3 is 1.44 bits per heavy atom. The molecule has 0 spiro atoms. The molecule has 0 unspecified atom stereocenters. The van der Waals surface area contributed by atoms with Crippen LogP contribution in [0.1, 0.15) is 61.8 Å². The van der Waals surface area contributed by atoms with Gasteiger partial charge in [-0.05, 0) is 46.9 Å². The van der Waals surface area contributed by atoms with Gasteiger partial charge in [0.2, 0.25) is 0 Å². The minimum atomic E-state index is 0.640. The van der Waals surface area contributed by atoms with Gasteiger partial charge in [-0.15, -0.1) is 0 Å². The summed E-state index contributed by atoms with van der Waals surface area (Å²) in [5, 5.41) is 0. The maximum absolute atomic E-state index is 2.35. The fourth-order valence-corrected chi connectivity index (χ4v) is 2.70. The summed E-state index contributed by atoms with van der Waals surface area (Å²) in [5.41, 5.74) is 6.29. The molecule has 1 aliphatic rings. The number of fused-ring (bicyclic) bond motifs is 1. The predicted octanol–water partition coefficient (Wildman–Crippen LogP) is 4.59. The molecule has 1 aromatic carbocycles. The van der Waals surface area contributed by atoms with E-state index < -0.39 is 0 Å². The highest BCUT2D eigenvalue weighted by Crippen LogP contribution is 2.32. The lowest BCUT2D eigenvalue weighted by Crippen LogP contribution is -2.08. The molecule has 0 aliphatic heterocycles. The maximum atomic E-state index is 2.35. The van der Waals surface area contributed by atoms with Crippen molar-refractivity contribution in [1.29, 1.82) is 0 Å². The second-order valence-corrected chi connectivity index (χ2v) is 5.39. The third-order valence-corrected chi connectivity index (χ3v) is 3.56. The minimum Gasteiger partial charge on any atom is -0.0838 e. The van der Waals surface area contributed by atoms with E-state index in [2.05, 4.69) is 52.0 Å². The van der Waals surface area contributed by atoms with E-state index >= 15 is 0 Å². The van der Waals surface area contributed by atoms with E-state index in [4.69, 9.17) is 0 Å². The highest BCUT2D eigenvalue weighted by Gasteiger charge is 2.17. The zero-order valence-corrected chi connectivity index (χ0v) is 10.9. The van der Waals surface area contributed by atoms with Gasteiger partial charge in [-0.25, -0.2) is 0 Å². The molecule has 0 aromatic heterocycles. The van der Waals surface area contributed by atoms with Crippen LogP contribution >= 0.6 is 0 Å². The van der Waals surface area contributed by atoms with E-state index in [-0.39, 0.29) is 0 Å². The van der Waals surface area contributed by atoms with Crippen LogP contribution in [0.3, 0.4) is 0 Å². The van der Waals surface area contributed by atoms with Crippen molar-refractivity contribution in [3.8, 4) is 0 Å². The largest absolute Gasteiger partial charge is 0.0838 e. The molecule has 0 saturated carbocycles. The van der Waals surface area contributed by atoms with E-state index in [1.54, 1.807) is 22.3 Å². The Bertz CT molecular complexity index is 369. The van der Waals surface area contributed by atoms with E-state index in [0.717, 1.165) is 12.8 Å². The number of allylic oxidation sites excluding steroid dienone is 2. The molecule has 1 aliphatic carbocycles. The minimum absolute atomic E-state index is 0.640. The molecule has 16 heavy (non-hydrogen) atoms. The van der Waals surface area contributed by atoms with Crippen molar-refractivity contribution in [2.45, 2.75) is 52.4 Å². The first-order valence-corrected chi connectivity index (χ1v) is 6.40. The van der Waals surface area contributed by atoms with Crippen molar-refractivity contribution >= 4 is 0 Å². The third-order valence-electron chi connectivity index (χ3n) is 3.56.